The predicted molar refractivity (Wildman–Crippen MR) is 254 cm³/mol. The number of carboxylic acid groups (broad SMARTS) is 2. The van der Waals surface area contributed by atoms with Crippen LogP contribution in [0.25, 0.3) is 0 Å². The highest BCUT2D eigenvalue weighted by molar-refractivity contribution is 7.98. The van der Waals surface area contributed by atoms with E-state index in [2.05, 4.69) is 42.2 Å². The Hall–Kier alpha value is -6.06. The SMILES string of the molecule is CSCC[C@H](NC(=O)[C@H](CC(=O)O)NC(=O)[C@H](CCCCN)NC(=O)[C@H](N)Cc1cccs1)C(=O)N[C@@H](CCC(N)=O)C(=O)N[C@@H](CC(C)C)C(=O)NCC(=O)N[C@@H](CCCN=C(N)N)C(=O)O. The van der Waals surface area contributed by atoms with E-state index in [0.717, 1.165) is 4.88 Å². The van der Waals surface area contributed by atoms with Crippen LogP contribution >= 0.6 is 23.1 Å². The number of nitrogens with one attached hydrogen (secondary N) is 7. The quantitative estimate of drug-likeness (QED) is 0.0178. The summed E-state index contributed by atoms with van der Waals surface area (Å²) in [5.41, 5.74) is 27.7. The molecule has 0 fully saturated rings. The van der Waals surface area contributed by atoms with Crippen molar-refractivity contribution in [2.75, 3.05) is 31.6 Å². The normalized spacial score (nSPS) is 14.0. The first-order valence-electron chi connectivity index (χ1n) is 21.9. The molecule has 1 aromatic rings. The van der Waals surface area contributed by atoms with Crippen LogP contribution < -0.4 is 65.9 Å². The van der Waals surface area contributed by atoms with Gasteiger partial charge in [0.1, 0.15) is 36.3 Å². The number of aliphatic carboxylic acids is 2. The highest BCUT2D eigenvalue weighted by Crippen LogP contribution is 2.12. The van der Waals surface area contributed by atoms with Gasteiger partial charge in [0.05, 0.1) is 19.0 Å². The zero-order valence-electron chi connectivity index (χ0n) is 38.6. The molecule has 0 spiro atoms. The van der Waals surface area contributed by atoms with Crippen molar-refractivity contribution in [2.24, 2.45) is 39.6 Å². The molecule has 1 rings (SSSR count). The maximum absolute atomic E-state index is 13.9. The van der Waals surface area contributed by atoms with Gasteiger partial charge in [-0.3, -0.25) is 48.1 Å². The number of guanidine groups is 1. The molecule has 0 saturated heterocycles. The number of thiophene rings is 1. The van der Waals surface area contributed by atoms with Gasteiger partial charge in [0.15, 0.2) is 5.96 Å². The molecule has 1 aromatic heterocycles. The minimum atomic E-state index is -1.75. The van der Waals surface area contributed by atoms with Crippen LogP contribution in [0, 0.1) is 5.92 Å². The van der Waals surface area contributed by atoms with E-state index < -0.39 is 121 Å². The second-order valence-corrected chi connectivity index (χ2v) is 18.1. The van der Waals surface area contributed by atoms with Crippen LogP contribution in [0.1, 0.15) is 82.9 Å². The van der Waals surface area contributed by atoms with Gasteiger partial charge in [0.25, 0.3) is 0 Å². The van der Waals surface area contributed by atoms with Crippen molar-refractivity contribution in [1.29, 1.82) is 0 Å². The number of primary amides is 1. The summed E-state index contributed by atoms with van der Waals surface area (Å²) >= 11 is 2.68. The number of aliphatic imine (C=N–C) groups is 1. The number of carboxylic acids is 2. The maximum Gasteiger partial charge on any atom is 0.326 e. The molecule has 25 nitrogen and oxygen atoms in total. The van der Waals surface area contributed by atoms with E-state index in [4.69, 9.17) is 28.7 Å². The fourth-order valence-electron chi connectivity index (χ4n) is 6.31. The molecule has 1 heterocycles. The molecular formula is C41H69N13O12S2. The number of nitrogens with two attached hydrogens (primary N) is 5. The average Bonchev–Trinajstić information content (AvgIpc) is 3.78. The molecule has 0 aliphatic carbocycles. The van der Waals surface area contributed by atoms with Crippen LogP contribution in [0.5, 0.6) is 0 Å². The van der Waals surface area contributed by atoms with Gasteiger partial charge in [-0.05, 0) is 87.3 Å². The second-order valence-electron chi connectivity index (χ2n) is 16.1. The van der Waals surface area contributed by atoms with Gasteiger partial charge in [0, 0.05) is 24.3 Å². The summed E-state index contributed by atoms with van der Waals surface area (Å²) in [6.45, 7) is 3.21. The van der Waals surface area contributed by atoms with E-state index in [-0.39, 0.29) is 75.7 Å². The first kappa shape index (κ1) is 60.0. The Morgan fingerprint density at radius 1 is 0.706 bits per heavy atom. The van der Waals surface area contributed by atoms with Crippen LogP contribution in [0.2, 0.25) is 0 Å². The summed E-state index contributed by atoms with van der Waals surface area (Å²) in [5, 5.41) is 38.2. The minimum absolute atomic E-state index is 0.0259. The zero-order valence-corrected chi connectivity index (χ0v) is 40.2. The average molecular weight is 1000 g/mol. The zero-order chi connectivity index (χ0) is 51.3. The highest BCUT2D eigenvalue weighted by atomic mass is 32.2. The van der Waals surface area contributed by atoms with E-state index in [1.54, 1.807) is 32.2 Å². The molecule has 0 unspecified atom stereocenters. The van der Waals surface area contributed by atoms with Crippen molar-refractivity contribution in [3.63, 3.8) is 0 Å². The standard InChI is InChI=1S/C41H69N13O12S2/c1-22(2)18-29(35(60)48-21-32(56)49-28(40(65)66)10-6-15-47-41(45)46)53-37(62)26(11-12-31(44)55)51-38(63)27(13-17-67-3)52-39(64)30(20-33(57)58)54-36(61)25(9-4-5-14-42)50-34(59)24(43)19-23-8-7-16-68-23/h7-8,16,22,24-30H,4-6,9-15,17-21,42-43H2,1-3H3,(H2,44,55)(H,48,60)(H,49,56)(H,50,59)(H,51,63)(H,52,64)(H,53,62)(H,54,61)(H,57,58)(H,65,66)(H4,45,46,47)/t24-,25+,26+,27+,28+,29+,30+/m1/s1. The van der Waals surface area contributed by atoms with Crippen LogP contribution in [0.3, 0.4) is 0 Å². The summed E-state index contributed by atoms with van der Waals surface area (Å²) < 4.78 is 0. The van der Waals surface area contributed by atoms with Crippen LogP contribution in [0.4, 0.5) is 0 Å². The van der Waals surface area contributed by atoms with Gasteiger partial charge in [-0.25, -0.2) is 4.79 Å². The largest absolute Gasteiger partial charge is 0.481 e. The van der Waals surface area contributed by atoms with Crippen molar-refractivity contribution in [3.8, 4) is 0 Å². The van der Waals surface area contributed by atoms with Crippen molar-refractivity contribution < 1.29 is 58.2 Å². The number of nitrogens with zero attached hydrogens (tertiary/aromatic N) is 1. The van der Waals surface area contributed by atoms with Gasteiger partial charge in [0.2, 0.25) is 47.3 Å². The molecular weight excluding hydrogens is 931 g/mol. The summed E-state index contributed by atoms with van der Waals surface area (Å²) in [5.74, 6) is -10.00. The minimum Gasteiger partial charge on any atom is -0.481 e. The van der Waals surface area contributed by atoms with Crippen LogP contribution in [-0.4, -0.2) is 149 Å². The molecule has 8 amide bonds. The molecule has 7 atom stereocenters. The molecule has 0 aromatic carbocycles. The maximum atomic E-state index is 13.9. The number of hydrogen-bond donors (Lipinski definition) is 14. The molecule has 0 aliphatic heterocycles. The van der Waals surface area contributed by atoms with Crippen LogP contribution in [-0.2, 0) is 54.4 Å². The smallest absolute Gasteiger partial charge is 0.326 e. The van der Waals surface area contributed by atoms with Gasteiger partial charge in [-0.15, -0.1) is 11.3 Å². The second kappa shape index (κ2) is 32.6. The van der Waals surface area contributed by atoms with Crippen molar-refractivity contribution in [2.45, 2.75) is 127 Å². The van der Waals surface area contributed by atoms with Gasteiger partial charge in [-0.2, -0.15) is 11.8 Å². The fraction of sp³-hybridized carbons (Fsp3) is 0.634. The molecule has 68 heavy (non-hydrogen) atoms. The molecule has 0 radical (unpaired) electrons. The number of carbonyl (C=O) groups is 10. The Labute approximate surface area is 402 Å². The van der Waals surface area contributed by atoms with E-state index >= 15 is 0 Å². The molecule has 27 heteroatoms. The van der Waals surface area contributed by atoms with E-state index in [1.165, 1.54) is 23.1 Å². The molecule has 0 bridgehead atoms. The van der Waals surface area contributed by atoms with Gasteiger partial charge < -0.3 is 76.1 Å². The Balaban J connectivity index is 3.26. The van der Waals surface area contributed by atoms with Crippen molar-refractivity contribution in [3.05, 3.63) is 22.4 Å². The first-order valence-corrected chi connectivity index (χ1v) is 24.2. The van der Waals surface area contributed by atoms with Crippen LogP contribution in [0.15, 0.2) is 22.5 Å². The van der Waals surface area contributed by atoms with E-state index in [1.807, 2.05) is 5.38 Å². The lowest BCUT2D eigenvalue weighted by Gasteiger charge is -2.27. The number of unbranched alkanes of at least 4 members (excludes halogenated alkanes) is 1. The van der Waals surface area contributed by atoms with Crippen molar-refractivity contribution >= 4 is 88.3 Å². The fourth-order valence-corrected chi connectivity index (χ4v) is 7.55. The number of carbonyl (C=O) groups excluding carboxylic acids is 8. The number of thioether (sulfide) groups is 1. The number of amides is 8. The number of rotatable bonds is 35. The Morgan fingerprint density at radius 2 is 1.26 bits per heavy atom. The lowest BCUT2D eigenvalue weighted by molar-refractivity contribution is -0.142. The lowest BCUT2D eigenvalue weighted by Crippen LogP contribution is -2.60. The third kappa shape index (κ3) is 25.2. The summed E-state index contributed by atoms with van der Waals surface area (Å²) in [6.07, 6.45) is 1.30. The number of hydrogen-bond acceptors (Lipinski definition) is 15. The molecule has 0 saturated carbocycles. The summed E-state index contributed by atoms with van der Waals surface area (Å²) in [7, 11) is 0. The van der Waals surface area contributed by atoms with Crippen molar-refractivity contribution in [1.82, 2.24) is 37.2 Å². The topological polar surface area (TPSA) is 438 Å². The Kier molecular flexibility index (Phi) is 28.8. The molecule has 19 N–H and O–H groups in total. The third-order valence-electron chi connectivity index (χ3n) is 9.83. The van der Waals surface area contributed by atoms with Gasteiger partial charge in [-0.1, -0.05) is 19.9 Å². The molecule has 382 valence electrons. The Bertz CT molecular complexity index is 1870. The predicted octanol–water partition coefficient (Wildman–Crippen LogP) is -3.55. The lowest BCUT2D eigenvalue weighted by atomic mass is 10.0. The summed E-state index contributed by atoms with van der Waals surface area (Å²) in [4.78, 5) is 134. The van der Waals surface area contributed by atoms with Gasteiger partial charge >= 0.3 is 11.9 Å². The summed E-state index contributed by atoms with van der Waals surface area (Å²) in [6, 6.07) is -6.02. The Morgan fingerprint density at radius 3 is 1.79 bits per heavy atom. The third-order valence-corrected chi connectivity index (χ3v) is 11.4. The monoisotopic (exact) mass is 999 g/mol. The highest BCUT2D eigenvalue weighted by Gasteiger charge is 2.34. The van der Waals surface area contributed by atoms with E-state index in [9.17, 15) is 58.2 Å². The molecule has 0 aliphatic rings. The van der Waals surface area contributed by atoms with E-state index in [0.29, 0.717) is 12.8 Å². The first-order chi connectivity index (χ1) is 32.1.